The minimum Gasteiger partial charge on any atom is -0.468 e. The maximum absolute atomic E-state index is 12.1. The third-order valence-corrected chi connectivity index (χ3v) is 6.35. The number of Topliss-reactive ketones (excluding diaryl/α,β-unsaturated/α-hetero) is 1. The average Bonchev–Trinajstić information content (AvgIpc) is 3.38. The van der Waals surface area contributed by atoms with Gasteiger partial charge in [-0.1, -0.05) is 0 Å². The Kier molecular flexibility index (Phi) is 7.75. The third kappa shape index (κ3) is 7.38. The van der Waals surface area contributed by atoms with Gasteiger partial charge in [0.25, 0.3) is 0 Å². The number of hydrogen-bond acceptors (Lipinski definition) is 7. The molecule has 0 unspecified atom stereocenters. The number of likely N-dealkylation sites (tertiary alicyclic amines) is 1. The summed E-state index contributed by atoms with van der Waals surface area (Å²) in [4.78, 5) is 30.7. The molecule has 9 heteroatoms. The van der Waals surface area contributed by atoms with Crippen LogP contribution >= 0.6 is 0 Å². The number of pyridine rings is 1. The SMILES string of the molecule is O=C(CCc1cc(CN2CCCC2)ccn1)CNC(=O)CS(=O)(=O)Cc1ccco1. The lowest BCUT2D eigenvalue weighted by Crippen LogP contribution is -2.34. The Balaban J connectivity index is 1.38. The Morgan fingerprint density at radius 2 is 2.00 bits per heavy atom. The normalized spacial score (nSPS) is 14.7. The molecule has 8 nitrogen and oxygen atoms in total. The highest BCUT2D eigenvalue weighted by Gasteiger charge is 2.19. The van der Waals surface area contributed by atoms with Crippen LogP contribution in [0.1, 0.15) is 36.3 Å². The predicted molar refractivity (Wildman–Crippen MR) is 111 cm³/mol. The van der Waals surface area contributed by atoms with E-state index >= 15 is 0 Å². The van der Waals surface area contributed by atoms with E-state index in [0.717, 1.165) is 25.3 Å². The van der Waals surface area contributed by atoms with Crippen LogP contribution in [0, 0.1) is 0 Å². The van der Waals surface area contributed by atoms with Crippen LogP contribution in [0.3, 0.4) is 0 Å². The third-order valence-electron chi connectivity index (χ3n) is 4.92. The first kappa shape index (κ1) is 22.2. The smallest absolute Gasteiger partial charge is 0.235 e. The molecular weight excluding hydrogens is 406 g/mol. The Labute approximate surface area is 176 Å². The lowest BCUT2D eigenvalue weighted by atomic mass is 10.1. The molecule has 2 aromatic rings. The summed E-state index contributed by atoms with van der Waals surface area (Å²) in [6, 6.07) is 7.13. The van der Waals surface area contributed by atoms with E-state index in [0.29, 0.717) is 6.42 Å². The van der Waals surface area contributed by atoms with Gasteiger partial charge in [0.2, 0.25) is 5.91 Å². The summed E-state index contributed by atoms with van der Waals surface area (Å²) in [6.45, 7) is 2.94. The highest BCUT2D eigenvalue weighted by atomic mass is 32.2. The van der Waals surface area contributed by atoms with Crippen molar-refractivity contribution in [3.05, 3.63) is 53.7 Å². The van der Waals surface area contributed by atoms with Gasteiger partial charge in [0.05, 0.1) is 12.8 Å². The van der Waals surface area contributed by atoms with Crippen LogP contribution in [0.25, 0.3) is 0 Å². The van der Waals surface area contributed by atoms with Crippen molar-refractivity contribution in [1.29, 1.82) is 0 Å². The first-order valence-electron chi connectivity index (χ1n) is 10.1. The van der Waals surface area contributed by atoms with Crippen molar-refractivity contribution in [2.75, 3.05) is 25.4 Å². The van der Waals surface area contributed by atoms with Crippen molar-refractivity contribution in [2.24, 2.45) is 0 Å². The molecule has 3 heterocycles. The van der Waals surface area contributed by atoms with Gasteiger partial charge in [-0.2, -0.15) is 0 Å². The van der Waals surface area contributed by atoms with Gasteiger partial charge in [0.15, 0.2) is 15.6 Å². The van der Waals surface area contributed by atoms with Crippen LogP contribution in [0.4, 0.5) is 0 Å². The second kappa shape index (κ2) is 10.5. The summed E-state index contributed by atoms with van der Waals surface area (Å²) < 4.78 is 29.0. The molecule has 0 aromatic carbocycles. The molecule has 0 aliphatic carbocycles. The molecule has 162 valence electrons. The fourth-order valence-electron chi connectivity index (χ4n) is 3.43. The van der Waals surface area contributed by atoms with E-state index < -0.39 is 21.5 Å². The lowest BCUT2D eigenvalue weighted by molar-refractivity contribution is -0.123. The number of hydrogen-bond donors (Lipinski definition) is 1. The number of sulfone groups is 1. The van der Waals surface area contributed by atoms with Crippen LogP contribution in [0.15, 0.2) is 41.1 Å². The van der Waals surface area contributed by atoms with E-state index in [1.165, 1.54) is 30.7 Å². The summed E-state index contributed by atoms with van der Waals surface area (Å²) in [5, 5.41) is 2.39. The van der Waals surface area contributed by atoms with E-state index in [1.54, 1.807) is 12.3 Å². The first-order chi connectivity index (χ1) is 14.4. The Hall–Kier alpha value is -2.52. The molecule has 1 saturated heterocycles. The van der Waals surface area contributed by atoms with Gasteiger partial charge in [-0.3, -0.25) is 19.5 Å². The molecule has 1 N–H and O–H groups in total. The van der Waals surface area contributed by atoms with Crippen molar-refractivity contribution >= 4 is 21.5 Å². The highest BCUT2D eigenvalue weighted by molar-refractivity contribution is 7.91. The van der Waals surface area contributed by atoms with Crippen molar-refractivity contribution in [2.45, 2.75) is 38.0 Å². The molecule has 0 radical (unpaired) electrons. The Bertz CT molecular complexity index is 951. The number of carbonyl (C=O) groups is 2. The molecule has 1 aliphatic heterocycles. The number of rotatable bonds is 11. The van der Waals surface area contributed by atoms with E-state index in [1.807, 2.05) is 12.1 Å². The fraction of sp³-hybridized carbons (Fsp3) is 0.476. The van der Waals surface area contributed by atoms with Crippen LogP contribution in [-0.2, 0) is 38.1 Å². The predicted octanol–water partition coefficient (Wildman–Crippen LogP) is 1.50. The number of nitrogens with one attached hydrogen (secondary N) is 1. The number of ketones is 1. The fourth-order valence-corrected chi connectivity index (χ4v) is 4.63. The van der Waals surface area contributed by atoms with E-state index in [4.69, 9.17) is 4.42 Å². The number of nitrogens with zero attached hydrogens (tertiary/aromatic N) is 2. The maximum atomic E-state index is 12.1. The zero-order valence-corrected chi connectivity index (χ0v) is 17.7. The standard InChI is InChI=1S/C21H27N3O5S/c25-19(13-23-21(26)16-30(27,28)15-20-4-3-11-29-20)6-5-18-12-17(7-8-22-18)14-24-9-1-2-10-24/h3-4,7-8,11-12H,1-2,5-6,9-10,13-16H2,(H,23,26). The van der Waals surface area contributed by atoms with Gasteiger partial charge >= 0.3 is 0 Å². The quantitative estimate of drug-likeness (QED) is 0.572. The van der Waals surface area contributed by atoms with Gasteiger partial charge in [0.1, 0.15) is 17.3 Å². The molecule has 0 spiro atoms. The number of aromatic nitrogens is 1. The minimum absolute atomic E-state index is 0.168. The Morgan fingerprint density at radius 1 is 1.20 bits per heavy atom. The second-order valence-corrected chi connectivity index (χ2v) is 9.63. The molecule has 1 amide bonds. The summed E-state index contributed by atoms with van der Waals surface area (Å²) in [5.74, 6) is -1.61. The first-order valence-corrected chi connectivity index (χ1v) is 11.9. The average molecular weight is 434 g/mol. The van der Waals surface area contributed by atoms with Gasteiger partial charge in [-0.15, -0.1) is 0 Å². The maximum Gasteiger partial charge on any atom is 0.235 e. The Morgan fingerprint density at radius 3 is 2.73 bits per heavy atom. The number of furan rings is 1. The van der Waals surface area contributed by atoms with E-state index in [-0.39, 0.29) is 30.3 Å². The van der Waals surface area contributed by atoms with Gasteiger partial charge in [-0.25, -0.2) is 8.42 Å². The van der Waals surface area contributed by atoms with Crippen LogP contribution in [-0.4, -0.2) is 55.4 Å². The molecule has 0 atom stereocenters. The number of amides is 1. The zero-order valence-electron chi connectivity index (χ0n) is 16.9. The van der Waals surface area contributed by atoms with Crippen molar-refractivity contribution in [1.82, 2.24) is 15.2 Å². The number of aryl methyl sites for hydroxylation is 1. The minimum atomic E-state index is -3.65. The summed E-state index contributed by atoms with van der Waals surface area (Å²) in [5.41, 5.74) is 2.02. The van der Waals surface area contributed by atoms with Crippen molar-refractivity contribution < 1.29 is 22.4 Å². The molecule has 1 aliphatic rings. The molecule has 1 fully saturated rings. The number of carbonyl (C=O) groups excluding carboxylic acids is 2. The van der Waals surface area contributed by atoms with Crippen LogP contribution < -0.4 is 5.32 Å². The molecule has 2 aromatic heterocycles. The summed E-state index contributed by atoms with van der Waals surface area (Å²) >= 11 is 0. The summed E-state index contributed by atoms with van der Waals surface area (Å²) in [7, 11) is -3.65. The van der Waals surface area contributed by atoms with Gasteiger partial charge < -0.3 is 9.73 Å². The molecule has 30 heavy (non-hydrogen) atoms. The molecule has 0 bridgehead atoms. The van der Waals surface area contributed by atoms with Gasteiger partial charge in [0, 0.05) is 24.9 Å². The highest BCUT2D eigenvalue weighted by Crippen LogP contribution is 2.13. The van der Waals surface area contributed by atoms with Crippen LogP contribution in [0.5, 0.6) is 0 Å². The second-order valence-electron chi connectivity index (χ2n) is 7.57. The summed E-state index contributed by atoms with van der Waals surface area (Å²) in [6.07, 6.45) is 6.33. The van der Waals surface area contributed by atoms with E-state index in [2.05, 4.69) is 15.2 Å². The molecule has 3 rings (SSSR count). The molecule has 0 saturated carbocycles. The van der Waals surface area contributed by atoms with Crippen molar-refractivity contribution in [3.8, 4) is 0 Å². The monoisotopic (exact) mass is 433 g/mol. The van der Waals surface area contributed by atoms with E-state index in [9.17, 15) is 18.0 Å². The topological polar surface area (TPSA) is 110 Å². The van der Waals surface area contributed by atoms with Crippen LogP contribution in [0.2, 0.25) is 0 Å². The van der Waals surface area contributed by atoms with Crippen molar-refractivity contribution in [3.63, 3.8) is 0 Å². The van der Waals surface area contributed by atoms with Gasteiger partial charge in [-0.05, 0) is 62.2 Å². The largest absolute Gasteiger partial charge is 0.468 e. The zero-order chi connectivity index (χ0) is 21.4. The molecular formula is C21H27N3O5S. The lowest BCUT2D eigenvalue weighted by Gasteiger charge is -2.14.